The quantitative estimate of drug-likeness (QED) is 0.154. The molecule has 0 unspecified atom stereocenters. The van der Waals surface area contributed by atoms with E-state index in [-0.39, 0.29) is 23.1 Å². The van der Waals surface area contributed by atoms with Crippen LogP contribution in [0.5, 0.6) is 0 Å². The number of aromatic nitrogens is 1. The van der Waals surface area contributed by atoms with Crippen molar-refractivity contribution in [2.75, 3.05) is 4.81 Å². The van der Waals surface area contributed by atoms with Crippen molar-refractivity contribution in [1.82, 2.24) is 4.57 Å². The summed E-state index contributed by atoms with van der Waals surface area (Å²) in [6.07, 6.45) is 0. The molecule has 3 nitrogen and oxygen atoms in total. The summed E-state index contributed by atoms with van der Waals surface area (Å²) in [6.45, 7) is 18.8. The van der Waals surface area contributed by atoms with Crippen molar-refractivity contribution in [2.24, 2.45) is 0 Å². The Kier molecular flexibility index (Phi) is 6.49. The smallest absolute Gasteiger partial charge is 0.333 e. The Morgan fingerprint density at radius 3 is 1.86 bits per heavy atom. The van der Waals surface area contributed by atoms with Crippen LogP contribution in [0.4, 0.5) is 11.4 Å². The third kappa shape index (κ3) is 4.32. The maximum Gasteiger partial charge on any atom is 0.333 e. The minimum atomic E-state index is -0.159. The minimum absolute atomic E-state index is 0.0365. The topological polar surface area (TPSA) is 21.3 Å². The molecule has 0 saturated heterocycles. The van der Waals surface area contributed by atoms with Crippen LogP contribution in [0, 0.1) is 6.92 Å². The average Bonchev–Trinajstić information content (AvgIpc) is 3.95. The van der Waals surface area contributed by atoms with Gasteiger partial charge in [-0.05, 0) is 127 Å². The Labute approximate surface area is 368 Å². The summed E-state index contributed by atoms with van der Waals surface area (Å²) in [5.74, 6) is 0. The van der Waals surface area contributed by atoms with Crippen molar-refractivity contribution in [3.05, 3.63) is 173 Å². The standard InChI is InChI=1S/C59H47BN2O/c1-32-25-42-40-27-46-38(35-15-9-12-18-44(35)58(46,5)6)28-50(40)62(34-23-21-33(22-24-34)57(2,3)4)60-48-30-47-39(36-16-10-13-19-45(36)59(47,7)8)29-51(48)61-49-31-53-41(37-17-11-14-20-52(37)63-53)26-43(49)54(32)56(61)55(42)60/h9-31H,1-8H3. The number of para-hydroxylation sites is 1. The van der Waals surface area contributed by atoms with E-state index in [1.807, 2.05) is 0 Å². The van der Waals surface area contributed by atoms with Gasteiger partial charge in [0.15, 0.2) is 0 Å². The molecule has 302 valence electrons. The van der Waals surface area contributed by atoms with Crippen molar-refractivity contribution in [3.63, 3.8) is 0 Å². The van der Waals surface area contributed by atoms with Crippen LogP contribution in [0.2, 0.25) is 0 Å². The molecule has 0 radical (unpaired) electrons. The number of benzene rings is 8. The first-order valence-corrected chi connectivity index (χ1v) is 22.7. The van der Waals surface area contributed by atoms with Crippen molar-refractivity contribution < 1.29 is 4.42 Å². The number of aryl methyl sites for hydroxylation is 1. The molecule has 10 aromatic rings. The summed E-state index contributed by atoms with van der Waals surface area (Å²) in [7, 11) is 0. The third-order valence-corrected chi connectivity index (χ3v) is 15.8. The van der Waals surface area contributed by atoms with Gasteiger partial charge in [-0.15, -0.1) is 0 Å². The molecule has 2 aromatic heterocycles. The molecule has 2 aliphatic heterocycles. The van der Waals surface area contributed by atoms with Gasteiger partial charge in [0.05, 0.1) is 11.0 Å². The van der Waals surface area contributed by atoms with Crippen LogP contribution in [0.3, 0.4) is 0 Å². The van der Waals surface area contributed by atoms with Crippen LogP contribution in [-0.4, -0.2) is 11.4 Å². The van der Waals surface area contributed by atoms with E-state index in [1.165, 1.54) is 117 Å². The van der Waals surface area contributed by atoms with Crippen LogP contribution in [0.25, 0.3) is 82.8 Å². The highest BCUT2D eigenvalue weighted by Gasteiger charge is 2.48. The molecule has 0 saturated carbocycles. The number of fused-ring (bicyclic) bond motifs is 17. The van der Waals surface area contributed by atoms with E-state index in [9.17, 15) is 0 Å². The fraction of sp³-hybridized carbons (Fsp3) is 0.186. The fourth-order valence-corrected chi connectivity index (χ4v) is 12.7. The molecule has 0 atom stereocenters. The predicted molar refractivity (Wildman–Crippen MR) is 266 cm³/mol. The van der Waals surface area contributed by atoms with Gasteiger partial charge in [-0.3, -0.25) is 0 Å². The molecule has 4 heterocycles. The third-order valence-electron chi connectivity index (χ3n) is 15.8. The number of furan rings is 1. The van der Waals surface area contributed by atoms with Crippen LogP contribution >= 0.6 is 0 Å². The van der Waals surface area contributed by atoms with Crippen molar-refractivity contribution >= 4 is 72.9 Å². The molecule has 4 heteroatoms. The van der Waals surface area contributed by atoms with Gasteiger partial charge in [0, 0.05) is 61.1 Å². The summed E-state index contributed by atoms with van der Waals surface area (Å²) >= 11 is 0. The fourth-order valence-electron chi connectivity index (χ4n) is 12.7. The second kappa shape index (κ2) is 11.4. The van der Waals surface area contributed by atoms with Gasteiger partial charge in [-0.2, -0.15) is 0 Å². The number of hydrogen-bond acceptors (Lipinski definition) is 2. The maximum atomic E-state index is 6.67. The molecule has 2 aliphatic carbocycles. The first-order chi connectivity index (χ1) is 30.3. The zero-order valence-electron chi connectivity index (χ0n) is 37.2. The number of rotatable bonds is 1. The van der Waals surface area contributed by atoms with Gasteiger partial charge in [0.25, 0.3) is 0 Å². The lowest BCUT2D eigenvalue weighted by molar-refractivity contribution is 0.590. The average molecular weight is 811 g/mol. The zero-order chi connectivity index (χ0) is 42.6. The van der Waals surface area contributed by atoms with Gasteiger partial charge in [0.1, 0.15) is 11.2 Å². The summed E-state index contributed by atoms with van der Waals surface area (Å²) in [4.78, 5) is 2.72. The maximum absolute atomic E-state index is 6.67. The van der Waals surface area contributed by atoms with E-state index < -0.39 is 0 Å². The predicted octanol–water partition coefficient (Wildman–Crippen LogP) is 14.1. The van der Waals surface area contributed by atoms with Gasteiger partial charge in [-0.25, -0.2) is 0 Å². The Morgan fingerprint density at radius 1 is 0.524 bits per heavy atom. The summed E-state index contributed by atoms with van der Waals surface area (Å²) < 4.78 is 9.30. The van der Waals surface area contributed by atoms with E-state index in [0.717, 1.165) is 21.9 Å². The van der Waals surface area contributed by atoms with Gasteiger partial charge in [-0.1, -0.05) is 139 Å². The number of nitrogens with zero attached hydrogens (tertiary/aromatic N) is 2. The Hall–Kier alpha value is -6.78. The van der Waals surface area contributed by atoms with E-state index in [0.29, 0.717) is 0 Å². The highest BCUT2D eigenvalue weighted by molar-refractivity contribution is 6.93. The van der Waals surface area contributed by atoms with Gasteiger partial charge < -0.3 is 13.8 Å². The van der Waals surface area contributed by atoms with E-state index >= 15 is 0 Å². The monoisotopic (exact) mass is 810 g/mol. The summed E-state index contributed by atoms with van der Waals surface area (Å²) in [6, 6.07) is 53.7. The molecule has 63 heavy (non-hydrogen) atoms. The minimum Gasteiger partial charge on any atom is -0.456 e. The summed E-state index contributed by atoms with van der Waals surface area (Å²) in [5, 5.41) is 4.92. The molecule has 14 rings (SSSR count). The van der Waals surface area contributed by atoms with Crippen LogP contribution in [0.15, 0.2) is 144 Å². The first-order valence-electron chi connectivity index (χ1n) is 22.7. The second-order valence-corrected chi connectivity index (χ2v) is 21.0. The van der Waals surface area contributed by atoms with Crippen LogP contribution in [0.1, 0.15) is 81.8 Å². The second-order valence-electron chi connectivity index (χ2n) is 21.0. The van der Waals surface area contributed by atoms with E-state index in [1.54, 1.807) is 0 Å². The van der Waals surface area contributed by atoms with E-state index in [2.05, 4.69) is 204 Å². The largest absolute Gasteiger partial charge is 0.456 e. The zero-order valence-corrected chi connectivity index (χ0v) is 37.2. The normalized spacial score (nSPS) is 15.8. The highest BCUT2D eigenvalue weighted by atomic mass is 16.3. The molecule has 0 spiro atoms. The first kappa shape index (κ1) is 35.8. The van der Waals surface area contributed by atoms with Crippen molar-refractivity contribution in [3.8, 4) is 39.1 Å². The summed E-state index contributed by atoms with van der Waals surface area (Å²) in [5.41, 5.74) is 26.8. The number of anilines is 2. The molecular weight excluding hydrogens is 763 g/mol. The molecule has 4 aliphatic rings. The molecule has 8 aromatic carbocycles. The lowest BCUT2D eigenvalue weighted by Crippen LogP contribution is -2.60. The SMILES string of the molecule is Cc1cc2c3c4c1c1cc5c(cc1n4-c1cc4c(cc1B3N(c1ccc(C(C)(C)C)cc1)c1cc3c(cc1-2)C(C)(C)c1ccccc1-3)C(C)(C)c1ccccc1-4)oc1ccccc15. The number of hydrogen-bond donors (Lipinski definition) is 0. The van der Waals surface area contributed by atoms with Crippen LogP contribution in [-0.2, 0) is 16.2 Å². The highest BCUT2D eigenvalue weighted by Crippen LogP contribution is 2.56. The Morgan fingerprint density at radius 2 is 1.16 bits per heavy atom. The van der Waals surface area contributed by atoms with Gasteiger partial charge >= 0.3 is 6.85 Å². The molecule has 0 bridgehead atoms. The molecular formula is C59H47BN2O. The van der Waals surface area contributed by atoms with E-state index in [4.69, 9.17) is 4.42 Å². The lowest BCUT2D eigenvalue weighted by atomic mass is 9.43. The lowest BCUT2D eigenvalue weighted by Gasteiger charge is -2.43. The Bertz CT molecular complexity index is 3740. The van der Waals surface area contributed by atoms with Gasteiger partial charge in [0.2, 0.25) is 0 Å². The van der Waals surface area contributed by atoms with Crippen molar-refractivity contribution in [1.29, 1.82) is 0 Å². The Balaban J connectivity index is 1.17. The molecule has 0 N–H and O–H groups in total. The van der Waals surface area contributed by atoms with Crippen molar-refractivity contribution in [2.45, 2.75) is 71.6 Å². The molecule has 0 fully saturated rings. The molecule has 0 amide bonds. The van der Waals surface area contributed by atoms with Crippen LogP contribution < -0.4 is 15.7 Å².